The third-order valence-corrected chi connectivity index (χ3v) is 4.39. The summed E-state index contributed by atoms with van der Waals surface area (Å²) in [6, 6.07) is 0.105. The number of hydrogen-bond donors (Lipinski definition) is 1. The number of amides is 2. The van der Waals surface area contributed by atoms with Crippen LogP contribution in [0.2, 0.25) is 0 Å². The zero-order valence-electron chi connectivity index (χ0n) is 12.1. The molecule has 2 saturated heterocycles. The van der Waals surface area contributed by atoms with Crippen molar-refractivity contribution >= 4 is 12.0 Å². The van der Waals surface area contributed by atoms with Crippen LogP contribution in [-0.2, 0) is 9.53 Å². The molecule has 0 aliphatic carbocycles. The lowest BCUT2D eigenvalue weighted by molar-refractivity contribution is -0.138. The minimum Gasteiger partial charge on any atom is -0.481 e. The summed E-state index contributed by atoms with van der Waals surface area (Å²) < 4.78 is 5.31. The molecule has 2 amide bonds. The van der Waals surface area contributed by atoms with E-state index >= 15 is 0 Å². The number of ether oxygens (including phenoxy) is 1. The monoisotopic (exact) mass is 284 g/mol. The lowest BCUT2D eigenvalue weighted by atomic mass is 9.94. The summed E-state index contributed by atoms with van der Waals surface area (Å²) in [5.41, 5.74) is 0. The van der Waals surface area contributed by atoms with Crippen molar-refractivity contribution in [2.75, 3.05) is 33.3 Å². The van der Waals surface area contributed by atoms with Crippen molar-refractivity contribution in [3.63, 3.8) is 0 Å². The third kappa shape index (κ3) is 3.85. The number of rotatable bonds is 3. The van der Waals surface area contributed by atoms with Crippen LogP contribution in [0.4, 0.5) is 4.79 Å². The van der Waals surface area contributed by atoms with Gasteiger partial charge in [-0.15, -0.1) is 0 Å². The highest BCUT2D eigenvalue weighted by Gasteiger charge is 2.29. The van der Waals surface area contributed by atoms with Gasteiger partial charge in [0.05, 0.1) is 6.10 Å². The van der Waals surface area contributed by atoms with Crippen molar-refractivity contribution in [2.45, 2.75) is 38.2 Å². The number of methoxy groups -OCH3 is 1. The van der Waals surface area contributed by atoms with E-state index in [0.717, 1.165) is 38.8 Å². The molecule has 2 fully saturated rings. The van der Waals surface area contributed by atoms with Crippen LogP contribution in [0.3, 0.4) is 0 Å². The molecule has 6 heteroatoms. The summed E-state index contributed by atoms with van der Waals surface area (Å²) in [6.07, 6.45) is 3.90. The van der Waals surface area contributed by atoms with Gasteiger partial charge in [-0.2, -0.15) is 0 Å². The van der Waals surface area contributed by atoms with Gasteiger partial charge in [0.25, 0.3) is 0 Å². The average molecular weight is 284 g/mol. The molecule has 0 saturated carbocycles. The van der Waals surface area contributed by atoms with Gasteiger partial charge in [-0.05, 0) is 31.6 Å². The van der Waals surface area contributed by atoms with Crippen LogP contribution in [0.5, 0.6) is 0 Å². The van der Waals surface area contributed by atoms with Crippen molar-refractivity contribution < 1.29 is 19.4 Å². The average Bonchev–Trinajstić information content (AvgIpc) is 2.47. The van der Waals surface area contributed by atoms with Gasteiger partial charge in [0.1, 0.15) is 0 Å². The molecule has 0 atom stereocenters. The number of carbonyl (C=O) groups excluding carboxylic acids is 1. The Balaban J connectivity index is 1.76. The molecule has 0 unspecified atom stereocenters. The predicted molar refractivity (Wildman–Crippen MR) is 73.5 cm³/mol. The SMILES string of the molecule is COC1CCN(C(=O)N2CCC(CC(=O)O)CC2)CC1. The molecule has 0 aromatic heterocycles. The second-order valence-corrected chi connectivity index (χ2v) is 5.73. The van der Waals surface area contributed by atoms with Gasteiger partial charge in [-0.1, -0.05) is 0 Å². The van der Waals surface area contributed by atoms with Gasteiger partial charge >= 0.3 is 12.0 Å². The number of hydrogen-bond acceptors (Lipinski definition) is 3. The van der Waals surface area contributed by atoms with Gasteiger partial charge in [-0.25, -0.2) is 4.79 Å². The van der Waals surface area contributed by atoms with E-state index < -0.39 is 5.97 Å². The van der Waals surface area contributed by atoms with Crippen LogP contribution in [-0.4, -0.2) is 66.3 Å². The summed E-state index contributed by atoms with van der Waals surface area (Å²) in [6.45, 7) is 2.88. The number of piperidine rings is 2. The maximum Gasteiger partial charge on any atom is 0.320 e. The molecule has 2 aliphatic rings. The van der Waals surface area contributed by atoms with Crippen molar-refractivity contribution in [3.05, 3.63) is 0 Å². The molecule has 0 radical (unpaired) electrons. The van der Waals surface area contributed by atoms with Gasteiger partial charge in [0, 0.05) is 39.7 Å². The van der Waals surface area contributed by atoms with E-state index in [-0.39, 0.29) is 24.5 Å². The number of carboxylic acid groups (broad SMARTS) is 1. The fraction of sp³-hybridized carbons (Fsp3) is 0.857. The number of carboxylic acids is 1. The molecule has 0 aromatic carbocycles. The Kier molecular flexibility index (Phi) is 5.23. The van der Waals surface area contributed by atoms with E-state index in [0.29, 0.717) is 13.1 Å². The molecular formula is C14H24N2O4. The van der Waals surface area contributed by atoms with Crippen LogP contribution in [0.25, 0.3) is 0 Å². The van der Waals surface area contributed by atoms with E-state index in [9.17, 15) is 9.59 Å². The highest BCUT2D eigenvalue weighted by Crippen LogP contribution is 2.22. The molecule has 0 bridgehead atoms. The number of urea groups is 1. The minimum atomic E-state index is -0.739. The van der Waals surface area contributed by atoms with Gasteiger partial charge in [0.15, 0.2) is 0 Å². The molecule has 2 aliphatic heterocycles. The Bertz CT molecular complexity index is 345. The Morgan fingerprint density at radius 3 is 2.00 bits per heavy atom. The summed E-state index contributed by atoms with van der Waals surface area (Å²) in [5, 5.41) is 8.79. The summed E-state index contributed by atoms with van der Waals surface area (Å²) in [7, 11) is 1.72. The van der Waals surface area contributed by atoms with E-state index in [2.05, 4.69) is 0 Å². The lowest BCUT2D eigenvalue weighted by Gasteiger charge is -2.38. The molecule has 20 heavy (non-hydrogen) atoms. The molecular weight excluding hydrogens is 260 g/mol. The zero-order valence-corrected chi connectivity index (χ0v) is 12.1. The first-order valence-electron chi connectivity index (χ1n) is 7.38. The number of carbonyl (C=O) groups is 2. The molecule has 1 N–H and O–H groups in total. The first kappa shape index (κ1) is 15.1. The number of likely N-dealkylation sites (tertiary alicyclic amines) is 2. The largest absolute Gasteiger partial charge is 0.481 e. The quantitative estimate of drug-likeness (QED) is 0.850. The molecule has 2 heterocycles. The Morgan fingerprint density at radius 1 is 1.05 bits per heavy atom. The summed E-state index contributed by atoms with van der Waals surface area (Å²) in [5.74, 6) is -0.521. The number of nitrogens with zero attached hydrogens (tertiary/aromatic N) is 2. The zero-order chi connectivity index (χ0) is 14.5. The Labute approximate surface area is 119 Å². The fourth-order valence-electron chi connectivity index (χ4n) is 3.06. The molecule has 2 rings (SSSR count). The van der Waals surface area contributed by atoms with E-state index in [4.69, 9.17) is 9.84 Å². The molecule has 6 nitrogen and oxygen atoms in total. The Hall–Kier alpha value is -1.30. The second-order valence-electron chi connectivity index (χ2n) is 5.73. The van der Waals surface area contributed by atoms with E-state index in [1.807, 2.05) is 9.80 Å². The maximum absolute atomic E-state index is 12.4. The van der Waals surface area contributed by atoms with Crippen molar-refractivity contribution in [1.82, 2.24) is 9.80 Å². The third-order valence-electron chi connectivity index (χ3n) is 4.39. The maximum atomic E-state index is 12.4. The lowest BCUT2D eigenvalue weighted by Crippen LogP contribution is -2.50. The standard InChI is InChI=1S/C14H24N2O4/c1-20-12-4-8-16(9-5-12)14(19)15-6-2-11(3-7-15)10-13(17)18/h11-12H,2-10H2,1H3,(H,17,18). The van der Waals surface area contributed by atoms with E-state index in [1.165, 1.54) is 0 Å². The van der Waals surface area contributed by atoms with Gasteiger partial charge < -0.3 is 19.6 Å². The van der Waals surface area contributed by atoms with Crippen LogP contribution < -0.4 is 0 Å². The van der Waals surface area contributed by atoms with E-state index in [1.54, 1.807) is 7.11 Å². The van der Waals surface area contributed by atoms with Crippen LogP contribution in [0.15, 0.2) is 0 Å². The van der Waals surface area contributed by atoms with Crippen molar-refractivity contribution in [1.29, 1.82) is 0 Å². The molecule has 0 spiro atoms. The molecule has 0 aromatic rings. The first-order chi connectivity index (χ1) is 9.60. The predicted octanol–water partition coefficient (Wildman–Crippen LogP) is 1.40. The number of aliphatic carboxylic acids is 1. The van der Waals surface area contributed by atoms with Gasteiger partial charge in [-0.3, -0.25) is 4.79 Å². The van der Waals surface area contributed by atoms with Crippen LogP contribution in [0.1, 0.15) is 32.1 Å². The first-order valence-corrected chi connectivity index (χ1v) is 7.38. The van der Waals surface area contributed by atoms with Crippen molar-refractivity contribution in [2.24, 2.45) is 5.92 Å². The highest BCUT2D eigenvalue weighted by molar-refractivity contribution is 5.74. The van der Waals surface area contributed by atoms with Crippen molar-refractivity contribution in [3.8, 4) is 0 Å². The highest BCUT2D eigenvalue weighted by atomic mass is 16.5. The Morgan fingerprint density at radius 2 is 1.55 bits per heavy atom. The van der Waals surface area contributed by atoms with Gasteiger partial charge in [0.2, 0.25) is 0 Å². The topological polar surface area (TPSA) is 70.1 Å². The molecule has 114 valence electrons. The van der Waals surface area contributed by atoms with Crippen LogP contribution in [0, 0.1) is 5.92 Å². The summed E-state index contributed by atoms with van der Waals surface area (Å²) in [4.78, 5) is 26.8. The van der Waals surface area contributed by atoms with Crippen LogP contribution >= 0.6 is 0 Å². The fourth-order valence-corrected chi connectivity index (χ4v) is 3.06. The smallest absolute Gasteiger partial charge is 0.320 e. The summed E-state index contributed by atoms with van der Waals surface area (Å²) >= 11 is 0. The minimum absolute atomic E-state index is 0.105. The second kappa shape index (κ2) is 6.92. The normalized spacial score (nSPS) is 22.1.